The third-order valence-corrected chi connectivity index (χ3v) is 5.92. The van der Waals surface area contributed by atoms with Crippen molar-refractivity contribution in [1.29, 1.82) is 0 Å². The van der Waals surface area contributed by atoms with Crippen molar-refractivity contribution in [1.82, 2.24) is 0 Å². The molecule has 2 aliphatic carbocycles. The van der Waals surface area contributed by atoms with Crippen LogP contribution in [0.5, 0.6) is 0 Å². The largest absolute Gasteiger partial charge is 0.136 e. The van der Waals surface area contributed by atoms with Gasteiger partial charge in [-0.25, -0.2) is 0 Å². The van der Waals surface area contributed by atoms with Gasteiger partial charge in [0.15, 0.2) is 0 Å². The molecule has 0 saturated heterocycles. The Labute approximate surface area is 130 Å². The number of allylic oxidation sites excluding steroid dienone is 3. The van der Waals surface area contributed by atoms with Crippen LogP contribution in [-0.2, 0) is 0 Å². The van der Waals surface area contributed by atoms with Crippen molar-refractivity contribution >= 4 is 37.2 Å². The molecule has 0 N–H and O–H groups in total. The zero-order valence-corrected chi connectivity index (χ0v) is 13.1. The van der Waals surface area contributed by atoms with Crippen LogP contribution in [0.25, 0.3) is 29.0 Å². The predicted octanol–water partition coefficient (Wildman–Crippen LogP) is 4.16. The molecule has 1 heterocycles. The highest BCUT2D eigenvalue weighted by Crippen LogP contribution is 2.32. The molecule has 2 atom stereocenters. The molecule has 22 heavy (non-hydrogen) atoms. The second kappa shape index (κ2) is 4.60. The topological polar surface area (TPSA) is 0 Å². The van der Waals surface area contributed by atoms with Gasteiger partial charge >= 0.3 is 0 Å². The smallest absolute Gasteiger partial charge is 0.0313 e. The number of hydrogen-bond acceptors (Lipinski definition) is 0. The fourth-order valence-electron chi connectivity index (χ4n) is 3.70. The second-order valence-corrected chi connectivity index (χ2v) is 7.11. The number of fused-ring (bicyclic) bond motifs is 5. The molecule has 0 aliphatic heterocycles. The monoisotopic (exact) mass is 298 g/mol. The molecule has 0 bridgehead atoms. The van der Waals surface area contributed by atoms with E-state index in [2.05, 4.69) is 78.7 Å². The van der Waals surface area contributed by atoms with Crippen molar-refractivity contribution < 1.29 is 0 Å². The summed E-state index contributed by atoms with van der Waals surface area (Å²) in [5.74, 6) is 2.71. The third-order valence-electron chi connectivity index (χ3n) is 4.75. The van der Waals surface area contributed by atoms with E-state index in [4.69, 9.17) is 0 Å². The molecule has 0 nitrogen and oxygen atoms in total. The molecular formula is C21H15P. The van der Waals surface area contributed by atoms with Gasteiger partial charge in [0.2, 0.25) is 0 Å². The van der Waals surface area contributed by atoms with Crippen LogP contribution in [0.3, 0.4) is 0 Å². The molecule has 1 heteroatoms. The van der Waals surface area contributed by atoms with Crippen molar-refractivity contribution in [2.24, 2.45) is 0 Å². The molecule has 1 aromatic heterocycles. The lowest BCUT2D eigenvalue weighted by atomic mass is 9.88. The molecule has 2 unspecified atom stereocenters. The van der Waals surface area contributed by atoms with E-state index in [1.807, 2.05) is 0 Å². The average Bonchev–Trinajstić information content (AvgIpc) is 3.25. The molecule has 5 rings (SSSR count). The Morgan fingerprint density at radius 2 is 1.68 bits per heavy atom. The maximum absolute atomic E-state index is 2.33. The fourth-order valence-corrected chi connectivity index (χ4v) is 4.71. The van der Waals surface area contributed by atoms with Gasteiger partial charge in [0.25, 0.3) is 0 Å². The Morgan fingerprint density at radius 1 is 0.818 bits per heavy atom. The Kier molecular flexibility index (Phi) is 2.56. The van der Waals surface area contributed by atoms with E-state index in [-0.39, 0.29) is 0 Å². The predicted molar refractivity (Wildman–Crippen MR) is 98.1 cm³/mol. The Balaban J connectivity index is 1.85. The van der Waals surface area contributed by atoms with Crippen LogP contribution in [-0.4, -0.2) is 0 Å². The number of hydrogen-bond donors (Lipinski definition) is 0. The van der Waals surface area contributed by atoms with Crippen LogP contribution in [0.4, 0.5) is 0 Å². The first-order valence-corrected chi connectivity index (χ1v) is 8.75. The third kappa shape index (κ3) is 1.65. The van der Waals surface area contributed by atoms with Gasteiger partial charge in [-0.2, -0.15) is 0 Å². The van der Waals surface area contributed by atoms with Gasteiger partial charge in [0.1, 0.15) is 0 Å². The Morgan fingerprint density at radius 3 is 2.59 bits per heavy atom. The molecule has 104 valence electrons. The van der Waals surface area contributed by atoms with Crippen molar-refractivity contribution in [2.45, 2.75) is 5.92 Å². The van der Waals surface area contributed by atoms with Crippen LogP contribution < -0.4 is 10.4 Å². The highest BCUT2D eigenvalue weighted by molar-refractivity contribution is 7.30. The highest BCUT2D eigenvalue weighted by Gasteiger charge is 2.16. The van der Waals surface area contributed by atoms with Gasteiger partial charge in [-0.3, -0.25) is 0 Å². The summed E-state index contributed by atoms with van der Waals surface area (Å²) in [6.45, 7) is 0. The first kappa shape index (κ1) is 12.3. The lowest BCUT2D eigenvalue weighted by Gasteiger charge is -2.18. The van der Waals surface area contributed by atoms with Crippen molar-refractivity contribution in [3.05, 3.63) is 87.3 Å². The second-order valence-electron chi connectivity index (χ2n) is 5.91. The molecule has 0 saturated carbocycles. The Hall–Kier alpha value is -2.30. The fraction of sp³-hybridized carbons (Fsp3) is 0.0476. The molecule has 0 radical (unpaired) electrons. The SMILES string of the molecule is C1=Cc2ccc3c4c(ccc3c2=C1)C(c1ccc[pH]1)C=CC=4. The summed E-state index contributed by atoms with van der Waals surface area (Å²) in [6.07, 6.45) is 13.4. The van der Waals surface area contributed by atoms with Crippen molar-refractivity contribution in [3.8, 4) is 0 Å². The quantitative estimate of drug-likeness (QED) is 0.633. The minimum absolute atomic E-state index is 0.438. The summed E-state index contributed by atoms with van der Waals surface area (Å²) in [5, 5.41) is 7.03. The molecule has 2 aliphatic rings. The van der Waals surface area contributed by atoms with E-state index in [0.29, 0.717) is 5.92 Å². The summed E-state index contributed by atoms with van der Waals surface area (Å²) in [7, 11) is 0.825. The van der Waals surface area contributed by atoms with Gasteiger partial charge in [-0.05, 0) is 43.4 Å². The number of rotatable bonds is 1. The van der Waals surface area contributed by atoms with Gasteiger partial charge in [-0.15, -0.1) is 8.19 Å². The highest BCUT2D eigenvalue weighted by atomic mass is 31.0. The summed E-state index contributed by atoms with van der Waals surface area (Å²) < 4.78 is 0. The normalized spacial score (nSPS) is 18.3. The van der Waals surface area contributed by atoms with E-state index < -0.39 is 0 Å². The van der Waals surface area contributed by atoms with E-state index in [9.17, 15) is 0 Å². The van der Waals surface area contributed by atoms with Gasteiger partial charge in [-0.1, -0.05) is 72.9 Å². The van der Waals surface area contributed by atoms with Crippen molar-refractivity contribution in [3.63, 3.8) is 0 Å². The molecule has 0 spiro atoms. The molecule has 2 aromatic carbocycles. The summed E-state index contributed by atoms with van der Waals surface area (Å²) in [4.78, 5) is 0. The van der Waals surface area contributed by atoms with Crippen LogP contribution in [0.1, 0.15) is 22.3 Å². The van der Waals surface area contributed by atoms with Crippen LogP contribution in [0.15, 0.2) is 60.4 Å². The summed E-state index contributed by atoms with van der Waals surface area (Å²) in [5.41, 5.74) is 2.78. The summed E-state index contributed by atoms with van der Waals surface area (Å²) in [6, 6.07) is 13.6. The van der Waals surface area contributed by atoms with Crippen LogP contribution in [0, 0.1) is 0 Å². The van der Waals surface area contributed by atoms with Crippen LogP contribution in [0.2, 0.25) is 0 Å². The van der Waals surface area contributed by atoms with Crippen LogP contribution >= 0.6 is 8.19 Å². The summed E-state index contributed by atoms with van der Waals surface area (Å²) >= 11 is 0. The van der Waals surface area contributed by atoms with Gasteiger partial charge in [0.05, 0.1) is 0 Å². The first-order chi connectivity index (χ1) is 10.9. The Bertz CT molecular complexity index is 1060. The number of benzene rings is 2. The maximum Gasteiger partial charge on any atom is 0.0313 e. The van der Waals surface area contributed by atoms with E-state index in [1.165, 1.54) is 37.6 Å². The van der Waals surface area contributed by atoms with E-state index >= 15 is 0 Å². The standard InChI is InChI=1S/C21H15P/c1-4-14-9-10-18-16-6-2-7-20(21-8-3-13-22-21)19(16)12-11-17(18)15(14)5-1/h1-13,20,22H. The zero-order chi connectivity index (χ0) is 14.5. The average molecular weight is 298 g/mol. The lowest BCUT2D eigenvalue weighted by Crippen LogP contribution is -2.19. The molecule has 0 amide bonds. The maximum atomic E-state index is 2.33. The lowest BCUT2D eigenvalue weighted by molar-refractivity contribution is 1.04. The minimum Gasteiger partial charge on any atom is -0.136 e. The van der Waals surface area contributed by atoms with E-state index in [0.717, 1.165) is 8.19 Å². The molecule has 0 fully saturated rings. The zero-order valence-electron chi connectivity index (χ0n) is 12.1. The van der Waals surface area contributed by atoms with Crippen molar-refractivity contribution in [2.75, 3.05) is 0 Å². The van der Waals surface area contributed by atoms with Gasteiger partial charge < -0.3 is 0 Å². The molecule has 3 aromatic rings. The van der Waals surface area contributed by atoms with E-state index in [1.54, 1.807) is 0 Å². The van der Waals surface area contributed by atoms with Gasteiger partial charge in [0, 0.05) is 5.92 Å². The first-order valence-electron chi connectivity index (χ1n) is 7.68. The molecular weight excluding hydrogens is 283 g/mol. The minimum atomic E-state index is 0.438.